The molecule has 0 aromatic carbocycles. The molecule has 1 fully saturated rings. The fourth-order valence-corrected chi connectivity index (χ4v) is 3.94. The van der Waals surface area contributed by atoms with E-state index in [9.17, 15) is 18.9 Å². The summed E-state index contributed by atoms with van der Waals surface area (Å²) in [5.41, 5.74) is 0. The molecule has 0 atom stereocenters. The molecule has 1 aliphatic heterocycles. The Morgan fingerprint density at radius 3 is 2.00 bits per heavy atom. The molecule has 0 bridgehead atoms. The van der Waals surface area contributed by atoms with Crippen molar-refractivity contribution in [3.8, 4) is 0 Å². The van der Waals surface area contributed by atoms with Crippen LogP contribution in [0.4, 0.5) is 0 Å². The largest absolute Gasteiger partial charge is 0.465 e. The predicted molar refractivity (Wildman–Crippen MR) is 63.8 cm³/mol. The fourth-order valence-electron chi connectivity index (χ4n) is 1.84. The Morgan fingerprint density at radius 2 is 1.67 bits per heavy atom. The molecule has 0 aliphatic carbocycles. The minimum absolute atomic E-state index is 0.0781. The molecule has 102 valence electrons. The van der Waals surface area contributed by atoms with Gasteiger partial charge >= 0.3 is 5.97 Å². The van der Waals surface area contributed by atoms with Crippen LogP contribution in [0.1, 0.15) is 13.8 Å². The number of nitrogens with zero attached hydrogens (tertiary/aromatic N) is 2. The smallest absolute Gasteiger partial charge is 0.328 e. The molecule has 1 aliphatic rings. The SMILES string of the molecule is CCOC(=O)C1C(=O)N(C)P(=O)(CC)N(C)C1=O. The van der Waals surface area contributed by atoms with E-state index in [1.54, 1.807) is 13.8 Å². The van der Waals surface area contributed by atoms with Crippen LogP contribution in [0.25, 0.3) is 0 Å². The van der Waals surface area contributed by atoms with Gasteiger partial charge in [0, 0.05) is 20.3 Å². The van der Waals surface area contributed by atoms with Crippen LogP contribution >= 0.6 is 7.44 Å². The molecule has 0 saturated carbocycles. The highest BCUT2D eigenvalue weighted by atomic mass is 31.2. The molecular weight excluding hydrogens is 259 g/mol. The van der Waals surface area contributed by atoms with Crippen molar-refractivity contribution in [2.75, 3.05) is 26.9 Å². The van der Waals surface area contributed by atoms with Gasteiger partial charge in [-0.25, -0.2) is 0 Å². The van der Waals surface area contributed by atoms with E-state index in [2.05, 4.69) is 0 Å². The average Bonchev–Trinajstić information content (AvgIpc) is 2.34. The standard InChI is InChI=1S/C10H17N2O5P/c1-5-17-10(15)7-8(13)11(3)18(16,6-2)12(4)9(7)14/h7H,5-6H2,1-4H3. The van der Waals surface area contributed by atoms with Crippen LogP contribution in [0.3, 0.4) is 0 Å². The molecule has 0 aromatic heterocycles. The Bertz CT molecular complexity index is 410. The topological polar surface area (TPSA) is 84.0 Å². The zero-order valence-electron chi connectivity index (χ0n) is 10.9. The Morgan fingerprint density at radius 1 is 1.22 bits per heavy atom. The van der Waals surface area contributed by atoms with Crippen LogP contribution in [0.5, 0.6) is 0 Å². The quantitative estimate of drug-likeness (QED) is 0.421. The summed E-state index contributed by atoms with van der Waals surface area (Å²) in [6, 6.07) is 0. The maximum Gasteiger partial charge on any atom is 0.328 e. The second-order valence-corrected chi connectivity index (χ2v) is 7.05. The van der Waals surface area contributed by atoms with Crippen molar-refractivity contribution in [1.29, 1.82) is 0 Å². The summed E-state index contributed by atoms with van der Waals surface area (Å²) in [7, 11) is -0.555. The minimum atomic E-state index is -3.22. The van der Waals surface area contributed by atoms with Crippen LogP contribution in [0.2, 0.25) is 0 Å². The van der Waals surface area contributed by atoms with E-state index >= 15 is 0 Å². The van der Waals surface area contributed by atoms with E-state index in [-0.39, 0.29) is 12.8 Å². The van der Waals surface area contributed by atoms with E-state index in [1.807, 2.05) is 0 Å². The number of carbonyl (C=O) groups is 3. The second kappa shape index (κ2) is 5.10. The Hall–Kier alpha value is -1.36. The third-order valence-electron chi connectivity index (χ3n) is 3.00. The molecule has 0 N–H and O–H groups in total. The van der Waals surface area contributed by atoms with E-state index in [0.29, 0.717) is 0 Å². The number of hydrogen-bond donors (Lipinski definition) is 0. The van der Waals surface area contributed by atoms with E-state index in [1.165, 1.54) is 14.1 Å². The summed E-state index contributed by atoms with van der Waals surface area (Å²) >= 11 is 0. The summed E-state index contributed by atoms with van der Waals surface area (Å²) in [4.78, 5) is 35.6. The highest BCUT2D eigenvalue weighted by Crippen LogP contribution is 2.54. The second-order valence-electron chi connectivity index (χ2n) is 3.89. The number of carbonyl (C=O) groups excluding carboxylic acids is 3. The average molecular weight is 276 g/mol. The van der Waals surface area contributed by atoms with Crippen LogP contribution in [0.15, 0.2) is 0 Å². The molecule has 2 amide bonds. The first kappa shape index (κ1) is 14.7. The lowest BCUT2D eigenvalue weighted by Gasteiger charge is -2.41. The molecule has 0 radical (unpaired) electrons. The van der Waals surface area contributed by atoms with E-state index < -0.39 is 31.1 Å². The van der Waals surface area contributed by atoms with Gasteiger partial charge in [-0.05, 0) is 6.92 Å². The number of rotatable bonds is 3. The van der Waals surface area contributed by atoms with Gasteiger partial charge in [-0.1, -0.05) is 6.92 Å². The molecule has 0 unspecified atom stereocenters. The van der Waals surface area contributed by atoms with Crippen LogP contribution in [-0.2, 0) is 23.7 Å². The van der Waals surface area contributed by atoms with Crippen molar-refractivity contribution in [1.82, 2.24) is 9.34 Å². The van der Waals surface area contributed by atoms with Gasteiger partial charge in [0.25, 0.3) is 19.3 Å². The first-order valence-electron chi connectivity index (χ1n) is 5.63. The highest BCUT2D eigenvalue weighted by molar-refractivity contribution is 7.60. The van der Waals surface area contributed by atoms with Gasteiger partial charge in [0.05, 0.1) is 6.61 Å². The summed E-state index contributed by atoms with van der Waals surface area (Å²) in [6.07, 6.45) is 0.146. The molecule has 1 heterocycles. The molecule has 0 spiro atoms. The van der Waals surface area contributed by atoms with Gasteiger partial charge in [-0.15, -0.1) is 0 Å². The van der Waals surface area contributed by atoms with Crippen LogP contribution in [-0.4, -0.2) is 54.0 Å². The van der Waals surface area contributed by atoms with E-state index in [4.69, 9.17) is 4.74 Å². The predicted octanol–water partition coefficient (Wildman–Crippen LogP) is 0.309. The Labute approximate surface area is 106 Å². The lowest BCUT2D eigenvalue weighted by molar-refractivity contribution is -0.160. The zero-order valence-corrected chi connectivity index (χ0v) is 11.8. The monoisotopic (exact) mass is 276 g/mol. The number of esters is 1. The Balaban J connectivity index is 3.15. The summed E-state index contributed by atoms with van der Waals surface area (Å²) in [5, 5.41) is 0. The lowest BCUT2D eigenvalue weighted by Crippen LogP contribution is -2.53. The fraction of sp³-hybridized carbons (Fsp3) is 0.700. The first-order valence-corrected chi connectivity index (χ1v) is 7.42. The van der Waals surface area contributed by atoms with Crippen molar-refractivity contribution in [3.63, 3.8) is 0 Å². The van der Waals surface area contributed by atoms with Crippen molar-refractivity contribution >= 4 is 25.2 Å². The summed E-state index contributed by atoms with van der Waals surface area (Å²) < 4.78 is 19.2. The van der Waals surface area contributed by atoms with E-state index in [0.717, 1.165) is 9.34 Å². The molecule has 18 heavy (non-hydrogen) atoms. The van der Waals surface area contributed by atoms with Crippen molar-refractivity contribution in [2.45, 2.75) is 13.8 Å². The van der Waals surface area contributed by atoms with Crippen molar-refractivity contribution < 1.29 is 23.7 Å². The normalized spacial score (nSPS) is 28.6. The number of amides is 2. The van der Waals surface area contributed by atoms with Crippen LogP contribution < -0.4 is 0 Å². The van der Waals surface area contributed by atoms with Gasteiger partial charge in [-0.2, -0.15) is 0 Å². The molecule has 1 rings (SSSR count). The van der Waals surface area contributed by atoms with Gasteiger partial charge in [0.1, 0.15) is 0 Å². The van der Waals surface area contributed by atoms with Gasteiger partial charge in [0.2, 0.25) is 5.92 Å². The maximum atomic E-state index is 12.5. The molecule has 1 saturated heterocycles. The third-order valence-corrected chi connectivity index (χ3v) is 6.10. The summed E-state index contributed by atoms with van der Waals surface area (Å²) in [5.74, 6) is -3.95. The maximum absolute atomic E-state index is 12.5. The minimum Gasteiger partial charge on any atom is -0.465 e. The number of hydrogen-bond acceptors (Lipinski definition) is 5. The zero-order chi connectivity index (χ0) is 14.1. The number of ether oxygens (including phenoxy) is 1. The molecular formula is C10H17N2O5P. The van der Waals surface area contributed by atoms with Gasteiger partial charge < -0.3 is 4.74 Å². The lowest BCUT2D eigenvalue weighted by atomic mass is 10.1. The van der Waals surface area contributed by atoms with Crippen molar-refractivity contribution in [3.05, 3.63) is 0 Å². The summed E-state index contributed by atoms with van der Waals surface area (Å²) in [6.45, 7) is 3.29. The Kier molecular flexibility index (Phi) is 4.16. The van der Waals surface area contributed by atoms with Crippen molar-refractivity contribution in [2.24, 2.45) is 5.92 Å². The third kappa shape index (κ3) is 2.03. The first-order chi connectivity index (χ1) is 8.31. The van der Waals surface area contributed by atoms with Gasteiger partial charge in [-0.3, -0.25) is 28.3 Å². The van der Waals surface area contributed by atoms with Crippen LogP contribution in [0, 0.1) is 5.92 Å². The molecule has 0 aromatic rings. The molecule has 8 heteroatoms. The highest BCUT2D eigenvalue weighted by Gasteiger charge is 2.52. The molecule has 7 nitrogen and oxygen atoms in total. The van der Waals surface area contributed by atoms with Gasteiger partial charge in [0.15, 0.2) is 0 Å².